The van der Waals surface area contributed by atoms with Gasteiger partial charge in [-0.05, 0) is 19.4 Å². The van der Waals surface area contributed by atoms with Crippen molar-refractivity contribution in [1.29, 1.82) is 0 Å². The van der Waals surface area contributed by atoms with Crippen molar-refractivity contribution in [2.75, 3.05) is 19.6 Å². The number of hydrogen-bond acceptors (Lipinski definition) is 5. The Kier molecular flexibility index (Phi) is 11.3. The predicted molar refractivity (Wildman–Crippen MR) is 88.5 cm³/mol. The van der Waals surface area contributed by atoms with Crippen LogP contribution in [0.5, 0.6) is 0 Å². The maximum atomic E-state index is 11.1. The molecule has 0 saturated carbocycles. The molecule has 1 atom stereocenters. The van der Waals surface area contributed by atoms with E-state index < -0.39 is 27.2 Å². The third-order valence-electron chi connectivity index (χ3n) is 2.74. The van der Waals surface area contributed by atoms with E-state index in [9.17, 15) is 13.9 Å². The van der Waals surface area contributed by atoms with Gasteiger partial charge in [0.1, 0.15) is 6.04 Å². The van der Waals surface area contributed by atoms with E-state index in [2.05, 4.69) is 10.6 Å². The highest BCUT2D eigenvalue weighted by Gasteiger charge is 2.15. The Bertz CT molecular complexity index is 525. The van der Waals surface area contributed by atoms with Crippen molar-refractivity contribution in [3.05, 3.63) is 23.8 Å². The van der Waals surface area contributed by atoms with Gasteiger partial charge in [-0.15, -0.1) is 0 Å². The number of carboxylic acid groups (broad SMARTS) is 1. The first kappa shape index (κ1) is 23.2. The van der Waals surface area contributed by atoms with Crippen molar-refractivity contribution in [2.45, 2.75) is 25.3 Å². The molecule has 0 saturated heterocycles. The molecule has 0 aromatic rings. The van der Waals surface area contributed by atoms with E-state index in [1.807, 2.05) is 0 Å². The molecule has 0 aromatic heterocycles. The average Bonchev–Trinajstić information content (AvgIpc) is 2.41. The summed E-state index contributed by atoms with van der Waals surface area (Å²) in [6, 6.07) is -0.819. The second-order valence-corrected chi connectivity index (χ2v) is 7.90. The Morgan fingerprint density at radius 1 is 0.958 bits per heavy atom. The number of rotatable bonds is 13. The first-order valence-corrected chi connectivity index (χ1v) is 10.5. The summed E-state index contributed by atoms with van der Waals surface area (Å²) in [4.78, 5) is 45.5. The van der Waals surface area contributed by atoms with Gasteiger partial charge in [-0.25, -0.2) is 0 Å². The van der Waals surface area contributed by atoms with E-state index in [0.717, 1.165) is 5.82 Å². The van der Waals surface area contributed by atoms with Crippen molar-refractivity contribution in [2.24, 2.45) is 0 Å². The molecule has 0 unspecified atom stereocenters. The highest BCUT2D eigenvalue weighted by Crippen LogP contribution is 2.36. The summed E-state index contributed by atoms with van der Waals surface area (Å²) in [5.74, 6) is 0.487. The summed E-state index contributed by atoms with van der Waals surface area (Å²) < 4.78 is 21.1. The molecule has 0 aliphatic carbocycles. The standard InChI is InChI=1S/C12H24N2O8P2/c15-12(16)11(14-8-4-10-24(20,21)22)5-1-2-6-13-7-3-9-23(17,18)19/h3-4,9-11,13-14H,1-2,5-8H2,(H,15,16)(H2,17,18,19)(H2,20,21,22)/t11-/m0/s1. The zero-order valence-electron chi connectivity index (χ0n) is 13.0. The first-order chi connectivity index (χ1) is 11.0. The summed E-state index contributed by atoms with van der Waals surface area (Å²) >= 11 is 0. The number of nitrogens with one attached hydrogen (secondary N) is 2. The van der Waals surface area contributed by atoms with Crippen LogP contribution in [0.3, 0.4) is 0 Å². The summed E-state index contributed by atoms with van der Waals surface area (Å²) in [6.45, 7) is 0.905. The highest BCUT2D eigenvalue weighted by atomic mass is 31.2. The normalized spacial score (nSPS) is 14.5. The van der Waals surface area contributed by atoms with Crippen LogP contribution in [0.25, 0.3) is 0 Å². The average molecular weight is 386 g/mol. The molecule has 0 radical (unpaired) electrons. The molecule has 0 aromatic carbocycles. The van der Waals surface area contributed by atoms with Gasteiger partial charge < -0.3 is 35.3 Å². The van der Waals surface area contributed by atoms with Crippen LogP contribution >= 0.6 is 15.2 Å². The molecule has 140 valence electrons. The second kappa shape index (κ2) is 11.7. The molecule has 0 bridgehead atoms. The fourth-order valence-electron chi connectivity index (χ4n) is 1.69. The molecule has 24 heavy (non-hydrogen) atoms. The lowest BCUT2D eigenvalue weighted by Gasteiger charge is -2.13. The third-order valence-corrected chi connectivity index (χ3v) is 3.94. The molecule has 12 heteroatoms. The summed E-state index contributed by atoms with van der Waals surface area (Å²) in [7, 11) is -8.35. The van der Waals surface area contributed by atoms with E-state index in [4.69, 9.17) is 24.7 Å². The first-order valence-electron chi connectivity index (χ1n) is 7.14. The summed E-state index contributed by atoms with van der Waals surface area (Å²) in [5, 5.41) is 14.6. The van der Waals surface area contributed by atoms with E-state index in [-0.39, 0.29) is 6.54 Å². The van der Waals surface area contributed by atoms with Gasteiger partial charge in [0, 0.05) is 24.7 Å². The van der Waals surface area contributed by atoms with Crippen molar-refractivity contribution >= 4 is 21.2 Å². The van der Waals surface area contributed by atoms with Gasteiger partial charge in [0.2, 0.25) is 0 Å². The molecule has 0 amide bonds. The van der Waals surface area contributed by atoms with Gasteiger partial charge in [0.05, 0.1) is 0 Å². The second-order valence-electron chi connectivity index (χ2n) is 4.95. The highest BCUT2D eigenvalue weighted by molar-refractivity contribution is 7.55. The zero-order valence-corrected chi connectivity index (χ0v) is 14.8. The maximum absolute atomic E-state index is 11.1. The van der Waals surface area contributed by atoms with Crippen molar-refractivity contribution < 1.29 is 38.6 Å². The molecule has 0 aliphatic heterocycles. The third kappa shape index (κ3) is 16.0. The molecule has 0 heterocycles. The monoisotopic (exact) mass is 386 g/mol. The predicted octanol–water partition coefficient (Wildman–Crippen LogP) is 0.172. The fourth-order valence-corrected chi connectivity index (χ4v) is 2.45. The van der Waals surface area contributed by atoms with E-state index in [0.29, 0.717) is 38.2 Å². The Labute approximate surface area is 140 Å². The Hall–Kier alpha value is -0.830. The molecule has 0 spiro atoms. The van der Waals surface area contributed by atoms with Gasteiger partial charge in [-0.1, -0.05) is 18.6 Å². The van der Waals surface area contributed by atoms with Gasteiger partial charge in [0.15, 0.2) is 0 Å². The molecule has 10 nitrogen and oxygen atoms in total. The number of carboxylic acids is 1. The topological polar surface area (TPSA) is 176 Å². The quantitative estimate of drug-likeness (QED) is 0.171. The largest absolute Gasteiger partial charge is 0.480 e. The van der Waals surface area contributed by atoms with E-state index in [1.165, 1.54) is 12.2 Å². The van der Waals surface area contributed by atoms with Gasteiger partial charge >= 0.3 is 21.2 Å². The van der Waals surface area contributed by atoms with E-state index in [1.54, 1.807) is 0 Å². The molecule has 7 N–H and O–H groups in total. The molecular formula is C12H24N2O8P2. The lowest BCUT2D eigenvalue weighted by Crippen LogP contribution is -2.36. The lowest BCUT2D eigenvalue weighted by atomic mass is 10.1. The van der Waals surface area contributed by atoms with Crippen LogP contribution in [0.15, 0.2) is 23.8 Å². The Morgan fingerprint density at radius 2 is 1.50 bits per heavy atom. The minimum Gasteiger partial charge on any atom is -0.480 e. The lowest BCUT2D eigenvalue weighted by molar-refractivity contribution is -0.139. The Balaban J connectivity index is 3.89. The number of aliphatic carboxylic acids is 1. The SMILES string of the molecule is O=C(O)[C@H](CCCCNCC=CP(=O)(O)O)NCC=CP(=O)(O)O. The van der Waals surface area contributed by atoms with E-state index >= 15 is 0 Å². The van der Waals surface area contributed by atoms with Crippen LogP contribution in [0.1, 0.15) is 19.3 Å². The number of unbranched alkanes of at least 4 members (excludes halogenated alkanes) is 1. The summed E-state index contributed by atoms with van der Waals surface area (Å²) in [5.41, 5.74) is 0. The van der Waals surface area contributed by atoms with Gasteiger partial charge in [0.25, 0.3) is 0 Å². The zero-order chi connectivity index (χ0) is 18.6. The van der Waals surface area contributed by atoms with Crippen LogP contribution in [0, 0.1) is 0 Å². The summed E-state index contributed by atoms with van der Waals surface area (Å²) in [6.07, 6.45) is 4.13. The molecule has 0 rings (SSSR count). The Morgan fingerprint density at radius 3 is 2.00 bits per heavy atom. The van der Waals surface area contributed by atoms with Crippen LogP contribution in [-0.4, -0.2) is 56.3 Å². The number of hydrogen-bond donors (Lipinski definition) is 7. The van der Waals surface area contributed by atoms with Gasteiger partial charge in [-0.2, -0.15) is 0 Å². The van der Waals surface area contributed by atoms with Crippen LogP contribution in [0.2, 0.25) is 0 Å². The van der Waals surface area contributed by atoms with Crippen molar-refractivity contribution in [1.82, 2.24) is 10.6 Å². The number of carbonyl (C=O) groups is 1. The fraction of sp³-hybridized carbons (Fsp3) is 0.583. The van der Waals surface area contributed by atoms with Gasteiger partial charge in [-0.3, -0.25) is 13.9 Å². The van der Waals surface area contributed by atoms with Crippen LogP contribution in [-0.2, 0) is 13.9 Å². The molecular weight excluding hydrogens is 362 g/mol. The smallest absolute Gasteiger partial charge is 0.348 e. The molecule has 0 fully saturated rings. The minimum absolute atomic E-state index is 0.0352. The minimum atomic E-state index is -4.23. The maximum Gasteiger partial charge on any atom is 0.348 e. The van der Waals surface area contributed by atoms with Crippen molar-refractivity contribution in [3.8, 4) is 0 Å². The van der Waals surface area contributed by atoms with Crippen molar-refractivity contribution in [3.63, 3.8) is 0 Å². The van der Waals surface area contributed by atoms with Crippen LogP contribution in [0.4, 0.5) is 0 Å². The van der Waals surface area contributed by atoms with Crippen LogP contribution < -0.4 is 10.6 Å². The molecule has 0 aliphatic rings.